The minimum absolute atomic E-state index is 0.229. The van der Waals surface area contributed by atoms with Gasteiger partial charge in [0.25, 0.3) is 5.91 Å². The standard InChI is InChI=1S/C15H22N2O2S/c1-4-9-19-13-8-6-7-12(10-13)14(18)17-15(20)16-11(3)5-2/h6-8,10-11H,4-5,9H2,1-3H3,(H2,16,17,18,20). The highest BCUT2D eigenvalue weighted by atomic mass is 32.1. The van der Waals surface area contributed by atoms with Crippen LogP contribution in [0.3, 0.4) is 0 Å². The highest BCUT2D eigenvalue weighted by Crippen LogP contribution is 2.13. The van der Waals surface area contributed by atoms with E-state index in [1.165, 1.54) is 0 Å². The van der Waals surface area contributed by atoms with Gasteiger partial charge < -0.3 is 10.1 Å². The van der Waals surface area contributed by atoms with E-state index >= 15 is 0 Å². The number of carbonyl (C=O) groups excluding carboxylic acids is 1. The molecule has 1 rings (SSSR count). The number of thiocarbonyl (C=S) groups is 1. The minimum Gasteiger partial charge on any atom is -0.494 e. The molecular weight excluding hydrogens is 272 g/mol. The van der Waals surface area contributed by atoms with E-state index in [9.17, 15) is 4.79 Å². The zero-order valence-electron chi connectivity index (χ0n) is 12.2. The highest BCUT2D eigenvalue weighted by Gasteiger charge is 2.10. The molecule has 5 heteroatoms. The Hall–Kier alpha value is -1.62. The summed E-state index contributed by atoms with van der Waals surface area (Å²) in [6.45, 7) is 6.74. The Morgan fingerprint density at radius 1 is 1.40 bits per heavy atom. The highest BCUT2D eigenvalue weighted by molar-refractivity contribution is 7.80. The number of rotatable bonds is 6. The van der Waals surface area contributed by atoms with Gasteiger partial charge in [-0.3, -0.25) is 10.1 Å². The zero-order valence-corrected chi connectivity index (χ0v) is 13.0. The number of hydrogen-bond acceptors (Lipinski definition) is 3. The molecule has 1 unspecified atom stereocenters. The zero-order chi connectivity index (χ0) is 15.0. The maximum absolute atomic E-state index is 12.1. The Labute approximate surface area is 125 Å². The molecule has 1 amide bonds. The van der Waals surface area contributed by atoms with Crippen LogP contribution in [0.1, 0.15) is 44.0 Å². The average Bonchev–Trinajstić information content (AvgIpc) is 2.45. The molecular formula is C15H22N2O2S. The van der Waals surface area contributed by atoms with Crippen LogP contribution in [-0.2, 0) is 0 Å². The van der Waals surface area contributed by atoms with Crippen molar-refractivity contribution in [2.45, 2.75) is 39.7 Å². The summed E-state index contributed by atoms with van der Waals surface area (Å²) < 4.78 is 5.50. The predicted octanol–water partition coefficient (Wildman–Crippen LogP) is 2.88. The van der Waals surface area contributed by atoms with Gasteiger partial charge in [-0.1, -0.05) is 19.9 Å². The molecule has 0 aliphatic heterocycles. The lowest BCUT2D eigenvalue weighted by molar-refractivity contribution is 0.0976. The van der Waals surface area contributed by atoms with Crippen molar-refractivity contribution in [1.82, 2.24) is 10.6 Å². The molecule has 0 heterocycles. The molecule has 0 saturated carbocycles. The monoisotopic (exact) mass is 294 g/mol. The van der Waals surface area contributed by atoms with Gasteiger partial charge in [-0.25, -0.2) is 0 Å². The van der Waals surface area contributed by atoms with Gasteiger partial charge in [0, 0.05) is 11.6 Å². The van der Waals surface area contributed by atoms with Gasteiger partial charge in [0.05, 0.1) is 6.61 Å². The summed E-state index contributed by atoms with van der Waals surface area (Å²) in [5.74, 6) is 0.466. The third kappa shape index (κ3) is 5.57. The summed E-state index contributed by atoms with van der Waals surface area (Å²) in [5, 5.41) is 6.07. The van der Waals surface area contributed by atoms with Crippen LogP contribution in [-0.4, -0.2) is 23.7 Å². The van der Waals surface area contributed by atoms with E-state index in [0.29, 0.717) is 23.0 Å². The fourth-order valence-corrected chi connectivity index (χ4v) is 1.78. The number of ether oxygens (including phenoxy) is 1. The van der Waals surface area contributed by atoms with Gasteiger partial charge in [0.1, 0.15) is 5.75 Å². The van der Waals surface area contributed by atoms with Crippen LogP contribution in [0.4, 0.5) is 0 Å². The maximum atomic E-state index is 12.1. The van der Waals surface area contributed by atoms with Crippen LogP contribution in [0, 0.1) is 0 Å². The van der Waals surface area contributed by atoms with E-state index in [2.05, 4.69) is 17.6 Å². The van der Waals surface area contributed by atoms with Crippen molar-refractivity contribution in [3.05, 3.63) is 29.8 Å². The van der Waals surface area contributed by atoms with Gasteiger partial charge in [-0.05, 0) is 50.2 Å². The molecule has 1 aromatic rings. The lowest BCUT2D eigenvalue weighted by atomic mass is 10.2. The molecule has 0 bridgehead atoms. The first kappa shape index (κ1) is 16.4. The van der Waals surface area contributed by atoms with E-state index in [4.69, 9.17) is 17.0 Å². The SMILES string of the molecule is CCCOc1cccc(C(=O)NC(=S)NC(C)CC)c1. The Morgan fingerprint density at radius 3 is 2.80 bits per heavy atom. The molecule has 20 heavy (non-hydrogen) atoms. The second-order valence-corrected chi connectivity index (χ2v) is 5.02. The molecule has 1 aromatic carbocycles. The van der Waals surface area contributed by atoms with Crippen molar-refractivity contribution < 1.29 is 9.53 Å². The second kappa shape index (κ2) is 8.53. The first-order valence-electron chi connectivity index (χ1n) is 6.91. The van der Waals surface area contributed by atoms with E-state index < -0.39 is 0 Å². The average molecular weight is 294 g/mol. The number of benzene rings is 1. The summed E-state index contributed by atoms with van der Waals surface area (Å²) in [7, 11) is 0. The van der Waals surface area contributed by atoms with Gasteiger partial charge in [-0.2, -0.15) is 0 Å². The topological polar surface area (TPSA) is 50.4 Å². The molecule has 0 aliphatic rings. The van der Waals surface area contributed by atoms with Crippen molar-refractivity contribution in [1.29, 1.82) is 0 Å². The van der Waals surface area contributed by atoms with Crippen molar-refractivity contribution in [3.63, 3.8) is 0 Å². The molecule has 4 nitrogen and oxygen atoms in total. The summed E-state index contributed by atoms with van der Waals surface area (Å²) in [6, 6.07) is 7.33. The normalized spacial score (nSPS) is 11.6. The first-order chi connectivity index (χ1) is 9.56. The van der Waals surface area contributed by atoms with Gasteiger partial charge in [-0.15, -0.1) is 0 Å². The lowest BCUT2D eigenvalue weighted by Gasteiger charge is -2.14. The fourth-order valence-electron chi connectivity index (χ4n) is 1.48. The van der Waals surface area contributed by atoms with Crippen molar-refractivity contribution in [2.24, 2.45) is 0 Å². The number of carbonyl (C=O) groups is 1. The summed E-state index contributed by atoms with van der Waals surface area (Å²) in [4.78, 5) is 12.1. The van der Waals surface area contributed by atoms with Crippen LogP contribution in [0.15, 0.2) is 24.3 Å². The Morgan fingerprint density at radius 2 is 2.15 bits per heavy atom. The van der Waals surface area contributed by atoms with Crippen LogP contribution >= 0.6 is 12.2 Å². The number of hydrogen-bond donors (Lipinski definition) is 2. The van der Waals surface area contributed by atoms with Crippen molar-refractivity contribution in [3.8, 4) is 5.75 Å². The lowest BCUT2D eigenvalue weighted by Crippen LogP contribution is -2.43. The molecule has 0 aromatic heterocycles. The largest absolute Gasteiger partial charge is 0.494 e. The fraction of sp³-hybridized carbons (Fsp3) is 0.467. The first-order valence-corrected chi connectivity index (χ1v) is 7.32. The Kier molecular flexibility index (Phi) is 7.01. The third-order valence-corrected chi connectivity index (χ3v) is 3.01. The molecule has 110 valence electrons. The Balaban J connectivity index is 2.60. The molecule has 0 saturated heterocycles. The van der Waals surface area contributed by atoms with Crippen molar-refractivity contribution >= 4 is 23.2 Å². The second-order valence-electron chi connectivity index (χ2n) is 4.61. The van der Waals surface area contributed by atoms with E-state index in [1.54, 1.807) is 18.2 Å². The smallest absolute Gasteiger partial charge is 0.257 e. The van der Waals surface area contributed by atoms with Crippen LogP contribution in [0.5, 0.6) is 5.75 Å². The van der Waals surface area contributed by atoms with Gasteiger partial charge >= 0.3 is 0 Å². The molecule has 0 radical (unpaired) electrons. The molecule has 0 spiro atoms. The maximum Gasteiger partial charge on any atom is 0.257 e. The van der Waals surface area contributed by atoms with E-state index in [1.807, 2.05) is 19.9 Å². The summed E-state index contributed by atoms with van der Waals surface area (Å²) >= 11 is 5.10. The predicted molar refractivity (Wildman–Crippen MR) is 85.2 cm³/mol. The summed E-state index contributed by atoms with van der Waals surface area (Å²) in [5.41, 5.74) is 0.534. The molecule has 0 fully saturated rings. The van der Waals surface area contributed by atoms with Crippen LogP contribution in [0.2, 0.25) is 0 Å². The Bertz CT molecular complexity index is 463. The van der Waals surface area contributed by atoms with Gasteiger partial charge in [0.15, 0.2) is 5.11 Å². The van der Waals surface area contributed by atoms with Crippen LogP contribution < -0.4 is 15.4 Å². The van der Waals surface area contributed by atoms with Crippen LogP contribution in [0.25, 0.3) is 0 Å². The third-order valence-electron chi connectivity index (χ3n) is 2.79. The quantitative estimate of drug-likeness (QED) is 0.792. The molecule has 2 N–H and O–H groups in total. The van der Waals surface area contributed by atoms with E-state index in [-0.39, 0.29) is 11.9 Å². The molecule has 0 aliphatic carbocycles. The van der Waals surface area contributed by atoms with Crippen molar-refractivity contribution in [2.75, 3.05) is 6.61 Å². The minimum atomic E-state index is -0.229. The number of amides is 1. The van der Waals surface area contributed by atoms with E-state index in [0.717, 1.165) is 12.8 Å². The van der Waals surface area contributed by atoms with Gasteiger partial charge in [0.2, 0.25) is 0 Å². The summed E-state index contributed by atoms with van der Waals surface area (Å²) in [6.07, 6.45) is 1.87. The number of nitrogens with one attached hydrogen (secondary N) is 2. The molecule has 1 atom stereocenters.